The predicted molar refractivity (Wildman–Crippen MR) is 114 cm³/mol. The van der Waals surface area contributed by atoms with Gasteiger partial charge in [-0.15, -0.1) is 11.8 Å². The molecule has 1 unspecified atom stereocenters. The van der Waals surface area contributed by atoms with Crippen molar-refractivity contribution in [2.24, 2.45) is 7.05 Å². The van der Waals surface area contributed by atoms with Gasteiger partial charge in [0.1, 0.15) is 6.61 Å². The summed E-state index contributed by atoms with van der Waals surface area (Å²) in [6, 6.07) is 8.04. The molecule has 154 valence electrons. The van der Waals surface area contributed by atoms with Gasteiger partial charge in [0.15, 0.2) is 0 Å². The van der Waals surface area contributed by atoms with Crippen molar-refractivity contribution in [2.45, 2.75) is 30.1 Å². The van der Waals surface area contributed by atoms with Gasteiger partial charge in [-0.25, -0.2) is 0 Å². The smallest absolute Gasteiger partial charge is 0.256 e. The Bertz CT molecular complexity index is 944. The van der Waals surface area contributed by atoms with Crippen LogP contribution in [0, 0.1) is 0 Å². The fourth-order valence-corrected chi connectivity index (χ4v) is 6.40. The van der Waals surface area contributed by atoms with E-state index in [4.69, 9.17) is 4.74 Å². The molecule has 2 aromatic rings. The zero-order valence-corrected chi connectivity index (χ0v) is 17.6. The molecule has 2 amide bonds. The van der Waals surface area contributed by atoms with Gasteiger partial charge in [-0.2, -0.15) is 0 Å². The van der Waals surface area contributed by atoms with Crippen molar-refractivity contribution < 1.29 is 14.3 Å². The van der Waals surface area contributed by atoms with Gasteiger partial charge in [-0.3, -0.25) is 9.59 Å². The van der Waals surface area contributed by atoms with E-state index in [1.54, 1.807) is 0 Å². The maximum absolute atomic E-state index is 13.1. The second-order valence-corrected chi connectivity index (χ2v) is 10.0. The molecule has 3 saturated heterocycles. The number of aryl methyl sites for hydroxylation is 1. The number of benzene rings is 1. The fraction of sp³-hybridized carbons (Fsp3) is 0.545. The molecule has 0 saturated carbocycles. The number of rotatable bonds is 4. The summed E-state index contributed by atoms with van der Waals surface area (Å²) in [5.74, 6) is 1.14. The summed E-state index contributed by atoms with van der Waals surface area (Å²) in [5.41, 5.74) is 1.86. The molecule has 0 N–H and O–H groups in total. The van der Waals surface area contributed by atoms with Gasteiger partial charge in [0.25, 0.3) is 5.91 Å². The number of likely N-dealkylation sites (tertiary alicyclic amines) is 2. The molecule has 1 aromatic carbocycles. The zero-order valence-electron chi connectivity index (χ0n) is 16.8. The molecule has 4 heterocycles. The molecule has 0 bridgehead atoms. The third-order valence-electron chi connectivity index (χ3n) is 6.45. The topological polar surface area (TPSA) is 54.8 Å². The van der Waals surface area contributed by atoms with E-state index in [2.05, 4.69) is 0 Å². The average Bonchev–Trinajstić information content (AvgIpc) is 3.44. The van der Waals surface area contributed by atoms with Gasteiger partial charge in [-0.1, -0.05) is 18.2 Å². The van der Waals surface area contributed by atoms with Gasteiger partial charge in [-0.05, 0) is 25.3 Å². The lowest BCUT2D eigenvalue weighted by Gasteiger charge is -2.47. The summed E-state index contributed by atoms with van der Waals surface area (Å²) in [4.78, 5) is 29.1. The number of hydrogen-bond donors (Lipinski definition) is 0. The monoisotopic (exact) mass is 413 g/mol. The first kappa shape index (κ1) is 19.0. The van der Waals surface area contributed by atoms with Crippen LogP contribution in [0.2, 0.25) is 0 Å². The molecular weight excluding hydrogens is 386 g/mol. The quantitative estimate of drug-likeness (QED) is 0.773. The summed E-state index contributed by atoms with van der Waals surface area (Å²) < 4.78 is 8.05. The van der Waals surface area contributed by atoms with E-state index in [-0.39, 0.29) is 29.3 Å². The molecule has 0 aliphatic carbocycles. The molecule has 3 fully saturated rings. The zero-order chi connectivity index (χ0) is 20.0. The average molecular weight is 414 g/mol. The molecule has 1 spiro atoms. The Morgan fingerprint density at radius 1 is 1.17 bits per heavy atom. The lowest BCUT2D eigenvalue weighted by Crippen LogP contribution is -2.60. The molecule has 6 nitrogen and oxygen atoms in total. The first-order chi connectivity index (χ1) is 14.0. The first-order valence-corrected chi connectivity index (χ1v) is 11.4. The summed E-state index contributed by atoms with van der Waals surface area (Å²) in [6.45, 7) is 3.47. The lowest BCUT2D eigenvalue weighted by atomic mass is 9.92. The SMILES string of the molecule is Cn1cc(C(=O)N2CC3(CC(OCC(=O)N4CCCC4)CS3)C2)c2ccccc21. The van der Waals surface area contributed by atoms with Gasteiger partial charge in [0, 0.05) is 56.1 Å². The minimum Gasteiger partial charge on any atom is -0.367 e. The standard InChI is InChI=1S/C22H27N3O3S/c1-23-11-18(17-6-2-3-7-19(17)23)21(27)25-14-22(15-25)10-16(13-29-22)28-12-20(26)24-8-4-5-9-24/h2-3,6-7,11,16H,4-5,8-10,12-15H2,1H3. The molecule has 0 radical (unpaired) electrons. The van der Waals surface area contributed by atoms with Gasteiger partial charge < -0.3 is 19.1 Å². The van der Waals surface area contributed by atoms with Crippen molar-refractivity contribution in [3.8, 4) is 0 Å². The highest BCUT2D eigenvalue weighted by atomic mass is 32.2. The van der Waals surface area contributed by atoms with Crippen LogP contribution >= 0.6 is 11.8 Å². The van der Waals surface area contributed by atoms with Crippen LogP contribution in [0.25, 0.3) is 10.9 Å². The predicted octanol–water partition coefficient (Wildman–Crippen LogP) is 2.52. The summed E-state index contributed by atoms with van der Waals surface area (Å²) >= 11 is 1.90. The number of fused-ring (bicyclic) bond motifs is 1. The lowest BCUT2D eigenvalue weighted by molar-refractivity contribution is -0.136. The number of aromatic nitrogens is 1. The van der Waals surface area contributed by atoms with E-state index >= 15 is 0 Å². The number of carbonyl (C=O) groups is 2. The Hall–Kier alpha value is -1.99. The van der Waals surface area contributed by atoms with Crippen molar-refractivity contribution in [3.05, 3.63) is 36.0 Å². The molecular formula is C22H27N3O3S. The Labute approximate surface area is 175 Å². The van der Waals surface area contributed by atoms with Crippen LogP contribution in [0.3, 0.4) is 0 Å². The normalized spacial score (nSPS) is 23.1. The van der Waals surface area contributed by atoms with E-state index in [9.17, 15) is 9.59 Å². The van der Waals surface area contributed by atoms with E-state index in [0.29, 0.717) is 0 Å². The van der Waals surface area contributed by atoms with Crippen LogP contribution in [0.1, 0.15) is 29.6 Å². The third-order valence-corrected chi connectivity index (χ3v) is 8.02. The van der Waals surface area contributed by atoms with Crippen molar-refractivity contribution in [3.63, 3.8) is 0 Å². The molecule has 3 aliphatic heterocycles. The van der Waals surface area contributed by atoms with E-state index < -0.39 is 0 Å². The molecule has 5 rings (SSSR count). The molecule has 1 aromatic heterocycles. The summed E-state index contributed by atoms with van der Waals surface area (Å²) in [7, 11) is 1.98. The summed E-state index contributed by atoms with van der Waals surface area (Å²) in [6.07, 6.45) is 5.19. The third kappa shape index (κ3) is 3.44. The number of hydrogen-bond acceptors (Lipinski definition) is 4. The van der Waals surface area contributed by atoms with Crippen LogP contribution in [-0.2, 0) is 16.6 Å². The molecule has 7 heteroatoms. The Morgan fingerprint density at radius 2 is 1.93 bits per heavy atom. The Morgan fingerprint density at radius 3 is 2.72 bits per heavy atom. The van der Waals surface area contributed by atoms with E-state index in [1.807, 2.05) is 63.6 Å². The number of para-hydroxylation sites is 1. The van der Waals surface area contributed by atoms with Gasteiger partial charge >= 0.3 is 0 Å². The van der Waals surface area contributed by atoms with Gasteiger partial charge in [0.05, 0.1) is 16.4 Å². The van der Waals surface area contributed by atoms with E-state index in [0.717, 1.165) is 67.7 Å². The molecule has 1 atom stereocenters. The Balaban J connectivity index is 1.16. The Kier molecular flexibility index (Phi) is 4.82. The first-order valence-electron chi connectivity index (χ1n) is 10.4. The van der Waals surface area contributed by atoms with Gasteiger partial charge in [0.2, 0.25) is 5.91 Å². The number of ether oxygens (including phenoxy) is 1. The van der Waals surface area contributed by atoms with Crippen LogP contribution in [0.15, 0.2) is 30.5 Å². The van der Waals surface area contributed by atoms with Crippen molar-refractivity contribution >= 4 is 34.5 Å². The van der Waals surface area contributed by atoms with E-state index in [1.165, 1.54) is 0 Å². The maximum atomic E-state index is 13.1. The maximum Gasteiger partial charge on any atom is 0.256 e. The van der Waals surface area contributed by atoms with Crippen LogP contribution in [0.5, 0.6) is 0 Å². The van der Waals surface area contributed by atoms with Crippen molar-refractivity contribution in [2.75, 3.05) is 38.5 Å². The number of thioether (sulfide) groups is 1. The molecule has 3 aliphatic rings. The van der Waals surface area contributed by atoms with Crippen LogP contribution in [0.4, 0.5) is 0 Å². The minimum absolute atomic E-state index is 0.0988. The number of nitrogens with zero attached hydrogens (tertiary/aromatic N) is 3. The van der Waals surface area contributed by atoms with Crippen LogP contribution in [-0.4, -0.2) is 75.6 Å². The van der Waals surface area contributed by atoms with Crippen molar-refractivity contribution in [1.82, 2.24) is 14.4 Å². The number of carbonyl (C=O) groups excluding carboxylic acids is 2. The minimum atomic E-state index is 0.0988. The largest absolute Gasteiger partial charge is 0.367 e. The summed E-state index contributed by atoms with van der Waals surface area (Å²) in [5, 5.41) is 1.02. The highest BCUT2D eigenvalue weighted by Crippen LogP contribution is 2.46. The second kappa shape index (κ2) is 7.36. The number of amides is 2. The molecule has 29 heavy (non-hydrogen) atoms. The highest BCUT2D eigenvalue weighted by Gasteiger charge is 2.51. The van der Waals surface area contributed by atoms with Crippen molar-refractivity contribution in [1.29, 1.82) is 0 Å². The van der Waals surface area contributed by atoms with Crippen LogP contribution < -0.4 is 0 Å². The second-order valence-electron chi connectivity index (χ2n) is 8.55. The highest BCUT2D eigenvalue weighted by molar-refractivity contribution is 8.01. The fourth-order valence-electron chi connectivity index (χ4n) is 4.85.